The number of aromatic carboxylic acids is 1. The smallest absolute Gasteiger partial charge is 0.356 e. The lowest BCUT2D eigenvalue weighted by molar-refractivity contribution is 0.0690. The van der Waals surface area contributed by atoms with Gasteiger partial charge in [-0.1, -0.05) is 0 Å². The molecule has 0 bridgehead atoms. The topological polar surface area (TPSA) is 66.3 Å². The van der Waals surface area contributed by atoms with E-state index in [1.165, 1.54) is 12.4 Å². The molecule has 1 N–H and O–H groups in total. The van der Waals surface area contributed by atoms with Crippen LogP contribution in [0.2, 0.25) is 0 Å². The van der Waals surface area contributed by atoms with Gasteiger partial charge in [0.2, 0.25) is 0 Å². The van der Waals surface area contributed by atoms with E-state index >= 15 is 0 Å². The predicted molar refractivity (Wildman–Crippen MR) is 52.6 cm³/mol. The number of anilines is 1. The number of carboxylic acids is 1. The molecule has 0 aromatic carbocycles. The van der Waals surface area contributed by atoms with Crippen molar-refractivity contribution >= 4 is 11.8 Å². The van der Waals surface area contributed by atoms with Crippen LogP contribution in [0.25, 0.3) is 0 Å². The lowest BCUT2D eigenvalue weighted by Gasteiger charge is -2.18. The number of hydrogen-bond acceptors (Lipinski definition) is 4. The second kappa shape index (κ2) is 4.55. The summed E-state index contributed by atoms with van der Waals surface area (Å²) < 4.78 is 0. The minimum Gasteiger partial charge on any atom is -0.476 e. The molecule has 0 aliphatic rings. The quantitative estimate of drug-likeness (QED) is 0.777. The van der Waals surface area contributed by atoms with Gasteiger partial charge in [0, 0.05) is 13.1 Å². The SMILES string of the molecule is CCN(CC)c1cnc(C(=O)O)cn1. The number of carboxylic acid groups (broad SMARTS) is 1. The normalized spacial score (nSPS) is 9.86. The van der Waals surface area contributed by atoms with Crippen LogP contribution in [0.4, 0.5) is 5.82 Å². The summed E-state index contributed by atoms with van der Waals surface area (Å²) in [4.78, 5) is 20.3. The molecule has 0 aliphatic heterocycles. The number of hydrogen-bond donors (Lipinski definition) is 1. The Kier molecular flexibility index (Phi) is 3.39. The Bertz CT molecular complexity index is 306. The Hall–Kier alpha value is -1.65. The summed E-state index contributed by atoms with van der Waals surface area (Å²) in [6.45, 7) is 5.68. The first-order valence-corrected chi connectivity index (χ1v) is 4.49. The molecule has 0 saturated heterocycles. The van der Waals surface area contributed by atoms with E-state index in [0.717, 1.165) is 13.1 Å². The van der Waals surface area contributed by atoms with Gasteiger partial charge in [-0.2, -0.15) is 0 Å². The third-order valence-corrected chi connectivity index (χ3v) is 1.94. The van der Waals surface area contributed by atoms with Gasteiger partial charge in [0.1, 0.15) is 5.82 Å². The zero-order chi connectivity index (χ0) is 10.6. The summed E-state index contributed by atoms with van der Waals surface area (Å²) in [6.07, 6.45) is 2.76. The molecule has 0 amide bonds. The highest BCUT2D eigenvalue weighted by atomic mass is 16.4. The molecular weight excluding hydrogens is 182 g/mol. The average Bonchev–Trinajstić information content (AvgIpc) is 2.20. The summed E-state index contributed by atoms with van der Waals surface area (Å²) in [5, 5.41) is 8.61. The first kappa shape index (κ1) is 10.4. The fourth-order valence-corrected chi connectivity index (χ4v) is 1.14. The van der Waals surface area contributed by atoms with E-state index in [1.54, 1.807) is 0 Å². The molecule has 1 rings (SSSR count). The van der Waals surface area contributed by atoms with Crippen LogP contribution in [0.15, 0.2) is 12.4 Å². The van der Waals surface area contributed by atoms with Crippen molar-refractivity contribution in [2.45, 2.75) is 13.8 Å². The van der Waals surface area contributed by atoms with Crippen molar-refractivity contribution in [3.05, 3.63) is 18.1 Å². The van der Waals surface area contributed by atoms with Gasteiger partial charge in [-0.25, -0.2) is 14.8 Å². The van der Waals surface area contributed by atoms with Crippen LogP contribution in [0.5, 0.6) is 0 Å². The maximum atomic E-state index is 10.5. The summed E-state index contributed by atoms with van der Waals surface area (Å²) >= 11 is 0. The largest absolute Gasteiger partial charge is 0.476 e. The Morgan fingerprint density at radius 1 is 1.36 bits per heavy atom. The van der Waals surface area contributed by atoms with Crippen LogP contribution < -0.4 is 4.90 Å². The molecule has 14 heavy (non-hydrogen) atoms. The van der Waals surface area contributed by atoms with Gasteiger partial charge >= 0.3 is 5.97 Å². The van der Waals surface area contributed by atoms with Crippen molar-refractivity contribution in [1.82, 2.24) is 9.97 Å². The molecule has 1 aromatic rings. The maximum Gasteiger partial charge on any atom is 0.356 e. The van der Waals surface area contributed by atoms with Crippen LogP contribution in [0, 0.1) is 0 Å². The maximum absolute atomic E-state index is 10.5. The molecule has 0 saturated carbocycles. The monoisotopic (exact) mass is 195 g/mol. The molecule has 0 aliphatic carbocycles. The first-order valence-electron chi connectivity index (χ1n) is 4.49. The van der Waals surface area contributed by atoms with Crippen LogP contribution in [0.1, 0.15) is 24.3 Å². The predicted octanol–water partition coefficient (Wildman–Crippen LogP) is 1.02. The van der Waals surface area contributed by atoms with E-state index in [1.807, 2.05) is 18.7 Å². The van der Waals surface area contributed by atoms with Gasteiger partial charge in [0.05, 0.1) is 12.4 Å². The highest BCUT2D eigenvalue weighted by molar-refractivity contribution is 5.84. The van der Waals surface area contributed by atoms with E-state index in [2.05, 4.69) is 9.97 Å². The minimum absolute atomic E-state index is 0.0269. The number of rotatable bonds is 4. The zero-order valence-electron chi connectivity index (χ0n) is 8.27. The Morgan fingerprint density at radius 3 is 2.36 bits per heavy atom. The Balaban J connectivity index is 2.87. The third-order valence-electron chi connectivity index (χ3n) is 1.94. The molecule has 1 aromatic heterocycles. The number of carbonyl (C=O) groups is 1. The van der Waals surface area contributed by atoms with Gasteiger partial charge in [0.25, 0.3) is 0 Å². The van der Waals surface area contributed by atoms with E-state index in [9.17, 15) is 4.79 Å². The van der Waals surface area contributed by atoms with E-state index < -0.39 is 5.97 Å². The van der Waals surface area contributed by atoms with Crippen molar-refractivity contribution in [3.8, 4) is 0 Å². The van der Waals surface area contributed by atoms with E-state index in [4.69, 9.17) is 5.11 Å². The van der Waals surface area contributed by atoms with Crippen LogP contribution in [-0.2, 0) is 0 Å². The molecule has 0 radical (unpaired) electrons. The first-order chi connectivity index (χ1) is 6.69. The van der Waals surface area contributed by atoms with Crippen molar-refractivity contribution in [2.24, 2.45) is 0 Å². The summed E-state index contributed by atoms with van der Waals surface area (Å²) in [5.74, 6) is -0.344. The third kappa shape index (κ3) is 2.18. The second-order valence-corrected chi connectivity index (χ2v) is 2.74. The highest BCUT2D eigenvalue weighted by Crippen LogP contribution is 2.07. The standard InChI is InChI=1S/C9H13N3O2/c1-3-12(4-2)8-6-10-7(5-11-8)9(13)14/h5-6H,3-4H2,1-2H3,(H,13,14). The fraction of sp³-hybridized carbons (Fsp3) is 0.444. The molecule has 0 spiro atoms. The van der Waals surface area contributed by atoms with Crippen LogP contribution in [-0.4, -0.2) is 34.1 Å². The molecular formula is C9H13N3O2. The fourth-order valence-electron chi connectivity index (χ4n) is 1.14. The number of nitrogens with zero attached hydrogens (tertiary/aromatic N) is 3. The van der Waals surface area contributed by atoms with Crippen molar-refractivity contribution < 1.29 is 9.90 Å². The minimum atomic E-state index is -1.05. The lowest BCUT2D eigenvalue weighted by atomic mass is 10.4. The van der Waals surface area contributed by atoms with E-state index in [-0.39, 0.29) is 5.69 Å². The Labute approximate surface area is 82.4 Å². The zero-order valence-corrected chi connectivity index (χ0v) is 8.27. The highest BCUT2D eigenvalue weighted by Gasteiger charge is 2.07. The molecule has 1 heterocycles. The van der Waals surface area contributed by atoms with Crippen LogP contribution >= 0.6 is 0 Å². The lowest BCUT2D eigenvalue weighted by Crippen LogP contribution is -2.23. The summed E-state index contributed by atoms with van der Waals surface area (Å²) in [6, 6.07) is 0. The summed E-state index contributed by atoms with van der Waals surface area (Å²) in [5.41, 5.74) is -0.0269. The molecule has 0 fully saturated rings. The molecule has 5 nitrogen and oxygen atoms in total. The molecule has 0 atom stereocenters. The summed E-state index contributed by atoms with van der Waals surface area (Å²) in [7, 11) is 0. The van der Waals surface area contributed by atoms with Crippen molar-refractivity contribution in [1.29, 1.82) is 0 Å². The second-order valence-electron chi connectivity index (χ2n) is 2.74. The molecule has 0 unspecified atom stereocenters. The number of aromatic nitrogens is 2. The van der Waals surface area contributed by atoms with Crippen molar-refractivity contribution in [2.75, 3.05) is 18.0 Å². The van der Waals surface area contributed by atoms with Gasteiger partial charge in [0.15, 0.2) is 5.69 Å². The molecule has 5 heteroatoms. The Morgan fingerprint density at radius 2 is 2.00 bits per heavy atom. The van der Waals surface area contributed by atoms with Gasteiger partial charge < -0.3 is 10.0 Å². The van der Waals surface area contributed by atoms with Gasteiger partial charge in [-0.3, -0.25) is 0 Å². The molecule has 76 valence electrons. The van der Waals surface area contributed by atoms with Crippen molar-refractivity contribution in [3.63, 3.8) is 0 Å². The van der Waals surface area contributed by atoms with Gasteiger partial charge in [-0.15, -0.1) is 0 Å². The van der Waals surface area contributed by atoms with E-state index in [0.29, 0.717) is 5.82 Å². The average molecular weight is 195 g/mol. The van der Waals surface area contributed by atoms with Crippen LogP contribution in [0.3, 0.4) is 0 Å². The van der Waals surface area contributed by atoms with Gasteiger partial charge in [-0.05, 0) is 13.8 Å².